The van der Waals surface area contributed by atoms with Crippen LogP contribution in [0.5, 0.6) is 0 Å². The average molecular weight is 257 g/mol. The Morgan fingerprint density at radius 3 is 2.50 bits per heavy atom. The summed E-state index contributed by atoms with van der Waals surface area (Å²) in [5.74, 6) is 0.576. The first-order valence-corrected chi connectivity index (χ1v) is 6.51. The number of fused-ring (bicyclic) bond motifs is 1. The molecule has 2 heteroatoms. The summed E-state index contributed by atoms with van der Waals surface area (Å²) in [6, 6.07) is 15.9. The van der Waals surface area contributed by atoms with Crippen LogP contribution in [0.1, 0.15) is 40.2 Å². The largest absolute Gasteiger partial charge is 0.294 e. The van der Waals surface area contributed by atoms with Gasteiger partial charge < -0.3 is 0 Å². The van der Waals surface area contributed by atoms with Crippen LogP contribution in [-0.2, 0) is 0 Å². The van der Waals surface area contributed by atoms with E-state index in [-0.39, 0.29) is 5.78 Å². The van der Waals surface area contributed by atoms with Gasteiger partial charge in [0.15, 0.2) is 5.78 Å². The molecule has 0 saturated carbocycles. The molecule has 0 heterocycles. The Morgan fingerprint density at radius 2 is 1.72 bits per heavy atom. The van der Waals surface area contributed by atoms with Crippen LogP contribution < -0.4 is 0 Å². The molecule has 0 aromatic heterocycles. The molecule has 1 unspecified atom stereocenters. The summed E-state index contributed by atoms with van der Waals surface area (Å²) in [7, 11) is 0. The molecule has 3 rings (SSSR count). The van der Waals surface area contributed by atoms with Gasteiger partial charge in [0.2, 0.25) is 0 Å². The molecular formula is C16H13ClO. The van der Waals surface area contributed by atoms with Crippen molar-refractivity contribution in [2.45, 2.75) is 18.8 Å². The third-order valence-corrected chi connectivity index (χ3v) is 3.82. The van der Waals surface area contributed by atoms with E-state index in [2.05, 4.69) is 18.2 Å². The molecule has 2 aromatic carbocycles. The zero-order valence-corrected chi connectivity index (χ0v) is 10.7. The number of halogens is 1. The Balaban J connectivity index is 2.07. The monoisotopic (exact) mass is 256 g/mol. The van der Waals surface area contributed by atoms with E-state index in [0.29, 0.717) is 12.3 Å². The van der Waals surface area contributed by atoms with Crippen molar-refractivity contribution in [3.63, 3.8) is 0 Å². The maximum atomic E-state index is 11.9. The topological polar surface area (TPSA) is 17.1 Å². The van der Waals surface area contributed by atoms with Gasteiger partial charge in [-0.1, -0.05) is 48.0 Å². The third kappa shape index (κ3) is 1.95. The average Bonchev–Trinajstić information content (AvgIpc) is 2.41. The maximum absolute atomic E-state index is 11.9. The van der Waals surface area contributed by atoms with Gasteiger partial charge in [0.25, 0.3) is 0 Å². The van der Waals surface area contributed by atoms with Gasteiger partial charge >= 0.3 is 0 Å². The van der Waals surface area contributed by atoms with Crippen LogP contribution >= 0.6 is 11.6 Å². The molecule has 90 valence electrons. The van der Waals surface area contributed by atoms with Crippen LogP contribution in [0.4, 0.5) is 0 Å². The summed E-state index contributed by atoms with van der Waals surface area (Å²) in [6.07, 6.45) is 1.52. The minimum absolute atomic E-state index is 0.260. The van der Waals surface area contributed by atoms with Gasteiger partial charge in [-0.15, -0.1) is 0 Å². The zero-order chi connectivity index (χ0) is 12.5. The SMILES string of the molecule is O=C1CCC(c2ccc(Cl)cc2)c2ccccc21. The fourth-order valence-corrected chi connectivity index (χ4v) is 2.79. The van der Waals surface area contributed by atoms with E-state index >= 15 is 0 Å². The van der Waals surface area contributed by atoms with Crippen LogP contribution in [0.3, 0.4) is 0 Å². The van der Waals surface area contributed by atoms with Gasteiger partial charge in [0, 0.05) is 22.9 Å². The van der Waals surface area contributed by atoms with Crippen molar-refractivity contribution in [3.8, 4) is 0 Å². The minimum Gasteiger partial charge on any atom is -0.294 e. The van der Waals surface area contributed by atoms with E-state index in [1.165, 1.54) is 5.56 Å². The van der Waals surface area contributed by atoms with Crippen LogP contribution in [-0.4, -0.2) is 5.78 Å². The lowest BCUT2D eigenvalue weighted by molar-refractivity contribution is 0.0969. The van der Waals surface area contributed by atoms with E-state index < -0.39 is 0 Å². The molecule has 0 fully saturated rings. The second kappa shape index (κ2) is 4.58. The first-order chi connectivity index (χ1) is 8.75. The molecule has 1 aliphatic rings. The smallest absolute Gasteiger partial charge is 0.163 e. The summed E-state index contributed by atoms with van der Waals surface area (Å²) in [5.41, 5.74) is 3.26. The van der Waals surface area contributed by atoms with Gasteiger partial charge in [-0.2, -0.15) is 0 Å². The molecule has 1 nitrogen and oxygen atoms in total. The fourth-order valence-electron chi connectivity index (χ4n) is 2.66. The standard InChI is InChI=1S/C16H13ClO/c17-12-7-5-11(6-8-12)13-9-10-16(18)15-4-2-1-3-14(13)15/h1-8,13H,9-10H2. The predicted molar refractivity (Wildman–Crippen MR) is 73.3 cm³/mol. The van der Waals surface area contributed by atoms with Crippen molar-refractivity contribution < 1.29 is 4.79 Å². The molecule has 0 bridgehead atoms. The van der Waals surface area contributed by atoms with Crippen LogP contribution in [0.2, 0.25) is 5.02 Å². The minimum atomic E-state index is 0.260. The number of carbonyl (C=O) groups is 1. The van der Waals surface area contributed by atoms with Crippen LogP contribution in [0.25, 0.3) is 0 Å². The molecule has 0 N–H and O–H groups in total. The first-order valence-electron chi connectivity index (χ1n) is 6.13. The number of carbonyl (C=O) groups excluding carboxylic acids is 1. The van der Waals surface area contributed by atoms with Crippen molar-refractivity contribution in [1.29, 1.82) is 0 Å². The molecule has 0 spiro atoms. The number of hydrogen-bond donors (Lipinski definition) is 0. The Labute approximate surface area is 111 Å². The Hall–Kier alpha value is -1.60. The number of Topliss-reactive ketones (excluding diaryl/α,β-unsaturated/α-hetero) is 1. The van der Waals surface area contributed by atoms with Crippen molar-refractivity contribution in [3.05, 3.63) is 70.2 Å². The Bertz CT molecular complexity index is 586. The predicted octanol–water partition coefficient (Wildman–Crippen LogP) is 4.45. The quantitative estimate of drug-likeness (QED) is 0.737. The highest BCUT2D eigenvalue weighted by atomic mass is 35.5. The highest BCUT2D eigenvalue weighted by molar-refractivity contribution is 6.30. The molecule has 18 heavy (non-hydrogen) atoms. The van der Waals surface area contributed by atoms with Crippen molar-refractivity contribution in [2.75, 3.05) is 0 Å². The van der Waals surface area contributed by atoms with E-state index in [1.807, 2.05) is 30.3 Å². The molecule has 0 radical (unpaired) electrons. The summed E-state index contributed by atoms with van der Waals surface area (Å²) >= 11 is 5.92. The second-order valence-corrected chi connectivity index (χ2v) is 5.09. The molecular weight excluding hydrogens is 244 g/mol. The van der Waals surface area contributed by atoms with Gasteiger partial charge in [0.05, 0.1) is 0 Å². The number of hydrogen-bond acceptors (Lipinski definition) is 1. The lowest BCUT2D eigenvalue weighted by atomic mass is 9.78. The summed E-state index contributed by atoms with van der Waals surface area (Å²) in [6.45, 7) is 0. The van der Waals surface area contributed by atoms with E-state index in [4.69, 9.17) is 11.6 Å². The van der Waals surface area contributed by atoms with E-state index in [9.17, 15) is 4.79 Å². The molecule has 0 amide bonds. The first kappa shape index (κ1) is 11.5. The summed E-state index contributed by atoms with van der Waals surface area (Å²) in [4.78, 5) is 11.9. The molecule has 0 aliphatic heterocycles. The van der Waals surface area contributed by atoms with Gasteiger partial charge in [-0.05, 0) is 29.7 Å². The molecule has 1 atom stereocenters. The normalized spacial score (nSPS) is 18.5. The Morgan fingerprint density at radius 1 is 1.00 bits per heavy atom. The second-order valence-electron chi connectivity index (χ2n) is 4.65. The third-order valence-electron chi connectivity index (χ3n) is 3.57. The molecule has 0 saturated heterocycles. The summed E-state index contributed by atoms with van der Waals surface area (Å²) in [5, 5.41) is 0.749. The maximum Gasteiger partial charge on any atom is 0.163 e. The van der Waals surface area contributed by atoms with Crippen molar-refractivity contribution in [2.24, 2.45) is 0 Å². The van der Waals surface area contributed by atoms with Gasteiger partial charge in [0.1, 0.15) is 0 Å². The number of rotatable bonds is 1. The van der Waals surface area contributed by atoms with E-state index in [1.54, 1.807) is 0 Å². The lowest BCUT2D eigenvalue weighted by Crippen LogP contribution is -2.16. The summed E-state index contributed by atoms with van der Waals surface area (Å²) < 4.78 is 0. The fraction of sp³-hybridized carbons (Fsp3) is 0.188. The Kier molecular flexibility index (Phi) is 2.92. The van der Waals surface area contributed by atoms with Crippen LogP contribution in [0, 0.1) is 0 Å². The highest BCUT2D eigenvalue weighted by Gasteiger charge is 2.25. The van der Waals surface area contributed by atoms with E-state index in [0.717, 1.165) is 22.6 Å². The van der Waals surface area contributed by atoms with Crippen molar-refractivity contribution >= 4 is 17.4 Å². The van der Waals surface area contributed by atoms with Gasteiger partial charge in [-0.3, -0.25) is 4.79 Å². The lowest BCUT2D eigenvalue weighted by Gasteiger charge is -2.25. The van der Waals surface area contributed by atoms with Crippen molar-refractivity contribution in [1.82, 2.24) is 0 Å². The zero-order valence-electron chi connectivity index (χ0n) is 9.90. The molecule has 2 aromatic rings. The highest BCUT2D eigenvalue weighted by Crippen LogP contribution is 2.36. The molecule has 1 aliphatic carbocycles. The van der Waals surface area contributed by atoms with Gasteiger partial charge in [-0.25, -0.2) is 0 Å². The number of ketones is 1. The van der Waals surface area contributed by atoms with Crippen LogP contribution in [0.15, 0.2) is 48.5 Å². The number of benzene rings is 2.